The molecule has 0 bridgehead atoms. The maximum atomic E-state index is 15.2. The number of thiazole rings is 1. The highest BCUT2D eigenvalue weighted by Crippen LogP contribution is 2.33. The van der Waals surface area contributed by atoms with Gasteiger partial charge in [0.1, 0.15) is 11.6 Å². The summed E-state index contributed by atoms with van der Waals surface area (Å²) < 4.78 is 54.5. The second kappa shape index (κ2) is 12.1. The van der Waals surface area contributed by atoms with E-state index < -0.39 is 40.7 Å². The van der Waals surface area contributed by atoms with Crippen molar-refractivity contribution in [3.05, 3.63) is 70.0 Å². The molecule has 200 valence electrons. The Morgan fingerprint density at radius 2 is 1.87 bits per heavy atom. The number of benzene rings is 2. The summed E-state index contributed by atoms with van der Waals surface area (Å²) in [5, 5.41) is 13.1. The van der Waals surface area contributed by atoms with Gasteiger partial charge in [0.05, 0.1) is 19.4 Å². The molecule has 4 rings (SSSR count). The van der Waals surface area contributed by atoms with Crippen LogP contribution in [0.25, 0.3) is 17.3 Å². The summed E-state index contributed by atoms with van der Waals surface area (Å²) >= 11 is 1.01. The number of nitrogens with zero attached hydrogens (tertiary/aromatic N) is 1. The Bertz CT molecular complexity index is 1350. The van der Waals surface area contributed by atoms with Crippen LogP contribution in [0.5, 0.6) is 5.75 Å². The third-order valence-corrected chi connectivity index (χ3v) is 6.97. The number of aliphatic carboxylic acids is 1. The number of ether oxygens (including phenoxy) is 2. The van der Waals surface area contributed by atoms with E-state index >= 15 is 4.39 Å². The van der Waals surface area contributed by atoms with Gasteiger partial charge in [-0.3, -0.25) is 10.1 Å². The van der Waals surface area contributed by atoms with E-state index in [4.69, 9.17) is 9.84 Å². The van der Waals surface area contributed by atoms with E-state index in [1.807, 2.05) is 0 Å². The number of carboxylic acids is 1. The van der Waals surface area contributed by atoms with E-state index in [-0.39, 0.29) is 27.7 Å². The quantitative estimate of drug-likeness (QED) is 0.235. The van der Waals surface area contributed by atoms with Crippen LogP contribution in [0.15, 0.2) is 41.5 Å². The van der Waals surface area contributed by atoms with Gasteiger partial charge in [-0.05, 0) is 43.0 Å². The Labute approximate surface area is 220 Å². The van der Waals surface area contributed by atoms with E-state index in [1.54, 1.807) is 23.6 Å². The molecule has 0 spiro atoms. The molecule has 2 N–H and O–H groups in total. The molecule has 7 nitrogen and oxygen atoms in total. The van der Waals surface area contributed by atoms with Gasteiger partial charge in [-0.25, -0.2) is 22.9 Å². The number of carboxylic acid groups (broad SMARTS) is 1. The van der Waals surface area contributed by atoms with Crippen molar-refractivity contribution in [1.29, 1.82) is 0 Å². The molecule has 38 heavy (non-hydrogen) atoms. The minimum Gasteiger partial charge on any atom is -0.490 e. The zero-order valence-electron chi connectivity index (χ0n) is 20.4. The standard InChI is InChI=1S/C27H25F3N2O5S/c1-36-23(26(34)35)12-18-19(28)10-16(11-20(18)29)25(33)32-27-31-21(14-38-27)17-8-5-9-22(24(17)30)37-13-15-6-3-2-4-7-15/h5,8-12,14-15H,2-4,6-7,13H2,1H3,(H,34,35)(H,31,32,33). The van der Waals surface area contributed by atoms with Crippen molar-refractivity contribution in [3.63, 3.8) is 0 Å². The number of carbonyl (C=O) groups excluding carboxylic acids is 1. The zero-order chi connectivity index (χ0) is 27.2. The number of methoxy groups -OCH3 is 1. The molecule has 0 unspecified atom stereocenters. The molecule has 1 aliphatic carbocycles. The number of nitrogens with one attached hydrogen (secondary N) is 1. The van der Waals surface area contributed by atoms with Crippen LogP contribution < -0.4 is 10.1 Å². The molecule has 1 amide bonds. The second-order valence-corrected chi connectivity index (χ2v) is 9.65. The summed E-state index contributed by atoms with van der Waals surface area (Å²) in [6.07, 6.45) is 6.36. The molecule has 0 aliphatic heterocycles. The normalized spacial score (nSPS) is 14.3. The lowest BCUT2D eigenvalue weighted by Crippen LogP contribution is -2.15. The fraction of sp³-hybridized carbons (Fsp3) is 0.296. The lowest BCUT2D eigenvalue weighted by atomic mass is 9.90. The van der Waals surface area contributed by atoms with E-state index in [2.05, 4.69) is 15.0 Å². The topological polar surface area (TPSA) is 97.8 Å². The molecule has 0 atom stereocenters. The predicted molar refractivity (Wildman–Crippen MR) is 137 cm³/mol. The molecule has 1 aromatic heterocycles. The van der Waals surface area contributed by atoms with Crippen molar-refractivity contribution in [1.82, 2.24) is 4.98 Å². The second-order valence-electron chi connectivity index (χ2n) is 8.80. The number of hydrogen-bond acceptors (Lipinski definition) is 6. The highest BCUT2D eigenvalue weighted by molar-refractivity contribution is 7.14. The summed E-state index contributed by atoms with van der Waals surface area (Å²) in [6, 6.07) is 6.30. The number of aromatic nitrogens is 1. The number of anilines is 1. The average Bonchev–Trinajstić information content (AvgIpc) is 3.36. The van der Waals surface area contributed by atoms with Crippen LogP contribution in [-0.4, -0.2) is 35.7 Å². The van der Waals surface area contributed by atoms with Gasteiger partial charge in [0.15, 0.2) is 16.7 Å². The molecular weight excluding hydrogens is 521 g/mol. The fourth-order valence-corrected chi connectivity index (χ4v) is 4.90. The Morgan fingerprint density at radius 3 is 2.53 bits per heavy atom. The van der Waals surface area contributed by atoms with Gasteiger partial charge in [-0.2, -0.15) is 0 Å². The van der Waals surface area contributed by atoms with Gasteiger partial charge in [-0.15, -0.1) is 11.3 Å². The molecule has 3 aromatic rings. The largest absolute Gasteiger partial charge is 0.490 e. The Morgan fingerprint density at radius 1 is 1.16 bits per heavy atom. The third kappa shape index (κ3) is 6.34. The smallest absolute Gasteiger partial charge is 0.371 e. The van der Waals surface area contributed by atoms with Crippen LogP contribution in [0, 0.1) is 23.4 Å². The summed E-state index contributed by atoms with van der Waals surface area (Å²) in [5.41, 5.74) is -0.557. The number of rotatable bonds is 9. The zero-order valence-corrected chi connectivity index (χ0v) is 21.2. The Balaban J connectivity index is 1.47. The lowest BCUT2D eigenvalue weighted by molar-refractivity contribution is -0.135. The van der Waals surface area contributed by atoms with Crippen LogP contribution >= 0.6 is 11.3 Å². The maximum absolute atomic E-state index is 15.2. The van der Waals surface area contributed by atoms with Gasteiger partial charge in [0, 0.05) is 28.1 Å². The van der Waals surface area contributed by atoms with Crippen LogP contribution in [-0.2, 0) is 9.53 Å². The molecule has 1 fully saturated rings. The van der Waals surface area contributed by atoms with Crippen LogP contribution in [0.2, 0.25) is 0 Å². The first-order valence-electron chi connectivity index (χ1n) is 11.9. The molecule has 0 saturated heterocycles. The highest BCUT2D eigenvalue weighted by Gasteiger charge is 2.20. The van der Waals surface area contributed by atoms with Gasteiger partial charge >= 0.3 is 5.97 Å². The molecule has 0 radical (unpaired) electrons. The van der Waals surface area contributed by atoms with E-state index in [0.717, 1.165) is 56.3 Å². The predicted octanol–water partition coefficient (Wildman–Crippen LogP) is 6.51. The highest BCUT2D eigenvalue weighted by atomic mass is 32.1. The monoisotopic (exact) mass is 546 g/mol. The molecular formula is C27H25F3N2O5S. The van der Waals surface area contributed by atoms with Crippen LogP contribution in [0.1, 0.15) is 48.0 Å². The lowest BCUT2D eigenvalue weighted by Gasteiger charge is -2.22. The Hall–Kier alpha value is -3.86. The van der Waals surface area contributed by atoms with Crippen molar-refractivity contribution in [2.45, 2.75) is 32.1 Å². The van der Waals surface area contributed by atoms with Crippen LogP contribution in [0.4, 0.5) is 18.3 Å². The van der Waals surface area contributed by atoms with Gasteiger partial charge in [-0.1, -0.05) is 25.3 Å². The first-order chi connectivity index (χ1) is 18.3. The summed E-state index contributed by atoms with van der Waals surface area (Å²) in [6.45, 7) is 0.448. The third-order valence-electron chi connectivity index (χ3n) is 6.21. The van der Waals surface area contributed by atoms with Crippen molar-refractivity contribution in [3.8, 4) is 17.0 Å². The van der Waals surface area contributed by atoms with E-state index in [1.165, 1.54) is 6.42 Å². The molecule has 2 aromatic carbocycles. The molecule has 1 saturated carbocycles. The Kier molecular flexibility index (Phi) is 8.67. The van der Waals surface area contributed by atoms with Gasteiger partial charge < -0.3 is 14.6 Å². The van der Waals surface area contributed by atoms with Gasteiger partial charge in [0.2, 0.25) is 5.76 Å². The molecule has 1 heterocycles. The summed E-state index contributed by atoms with van der Waals surface area (Å²) in [5.74, 6) is -5.36. The van der Waals surface area contributed by atoms with Gasteiger partial charge in [0.25, 0.3) is 5.91 Å². The minimum atomic E-state index is -1.51. The van der Waals surface area contributed by atoms with Crippen molar-refractivity contribution in [2.75, 3.05) is 19.0 Å². The minimum absolute atomic E-state index is 0.0928. The fourth-order valence-electron chi connectivity index (χ4n) is 4.20. The summed E-state index contributed by atoms with van der Waals surface area (Å²) in [4.78, 5) is 27.9. The van der Waals surface area contributed by atoms with E-state index in [9.17, 15) is 18.4 Å². The van der Waals surface area contributed by atoms with E-state index in [0.29, 0.717) is 18.6 Å². The van der Waals surface area contributed by atoms with Crippen molar-refractivity contribution in [2.24, 2.45) is 5.92 Å². The first kappa shape index (κ1) is 27.2. The van der Waals surface area contributed by atoms with Crippen molar-refractivity contribution >= 4 is 34.4 Å². The number of halogens is 3. The summed E-state index contributed by atoms with van der Waals surface area (Å²) in [7, 11) is 1.05. The number of carbonyl (C=O) groups is 2. The maximum Gasteiger partial charge on any atom is 0.371 e. The SMILES string of the molecule is COC(=Cc1c(F)cc(C(=O)Nc2nc(-c3cccc(OCC4CCCCC4)c3F)cs2)cc1F)C(=O)O. The number of amides is 1. The van der Waals surface area contributed by atoms with Crippen LogP contribution in [0.3, 0.4) is 0 Å². The molecule has 1 aliphatic rings. The van der Waals surface area contributed by atoms with Crippen molar-refractivity contribution < 1.29 is 37.3 Å². The number of hydrogen-bond donors (Lipinski definition) is 2. The molecule has 11 heteroatoms. The average molecular weight is 547 g/mol. The first-order valence-corrected chi connectivity index (χ1v) is 12.8.